The van der Waals surface area contributed by atoms with Crippen molar-refractivity contribution in [3.05, 3.63) is 72.6 Å². The third-order valence-corrected chi connectivity index (χ3v) is 6.66. The number of carbonyl (C=O) groups is 1. The number of rotatable bonds is 6. The molecule has 0 aliphatic heterocycles. The molecule has 1 aliphatic carbocycles. The number of fused-ring (bicyclic) bond motifs is 1. The number of nitrogens with one attached hydrogen (secondary N) is 1. The quantitative estimate of drug-likeness (QED) is 0.287. The maximum absolute atomic E-state index is 12.3. The van der Waals surface area contributed by atoms with Crippen molar-refractivity contribution in [2.24, 2.45) is 0 Å². The Morgan fingerprint density at radius 1 is 1.08 bits per heavy atom. The number of ether oxygens (including phenoxy) is 1. The van der Waals surface area contributed by atoms with Crippen LogP contribution < -0.4 is 15.8 Å². The summed E-state index contributed by atoms with van der Waals surface area (Å²) < 4.78 is 7.87. The average Bonchev–Trinajstić information content (AvgIpc) is 3.32. The highest BCUT2D eigenvalue weighted by Crippen LogP contribution is 2.36. The van der Waals surface area contributed by atoms with Gasteiger partial charge in [0, 0.05) is 11.6 Å². The number of carbonyl (C=O) groups excluding carboxylic acids is 1. The fourth-order valence-electron chi connectivity index (χ4n) is 4.73. The van der Waals surface area contributed by atoms with Crippen LogP contribution in [0, 0.1) is 11.3 Å². The van der Waals surface area contributed by atoms with Crippen molar-refractivity contribution in [1.82, 2.24) is 25.1 Å². The predicted octanol–water partition coefficient (Wildman–Crippen LogP) is 4.94. The zero-order valence-corrected chi connectivity index (χ0v) is 20.5. The van der Waals surface area contributed by atoms with Gasteiger partial charge >= 0.3 is 0 Å². The summed E-state index contributed by atoms with van der Waals surface area (Å²) in [6.45, 7) is 1.69. The molecule has 0 unspecified atom stereocenters. The molecule has 37 heavy (non-hydrogen) atoms. The first-order valence-corrected chi connectivity index (χ1v) is 12.3. The molecule has 0 saturated heterocycles. The SMILES string of the molecule is C/C=C(\C#N)C(=O)N[C@H]1CC[C@H](n2nc(-c3ccc(Oc4ccccc4)cc3)c3c(N)ncnc32)CC1. The van der Waals surface area contributed by atoms with Gasteiger partial charge in [-0.25, -0.2) is 14.6 Å². The van der Waals surface area contributed by atoms with Crippen LogP contribution in [0.1, 0.15) is 38.6 Å². The highest BCUT2D eigenvalue weighted by molar-refractivity contribution is 5.98. The van der Waals surface area contributed by atoms with Gasteiger partial charge in [0.15, 0.2) is 5.65 Å². The van der Waals surface area contributed by atoms with E-state index in [0.717, 1.165) is 53.8 Å². The van der Waals surface area contributed by atoms with Gasteiger partial charge in [-0.2, -0.15) is 10.4 Å². The number of benzene rings is 2. The van der Waals surface area contributed by atoms with E-state index in [1.165, 1.54) is 12.4 Å². The molecular formula is C28H27N7O2. The molecule has 0 spiro atoms. The minimum absolute atomic E-state index is 0.0187. The number of nitriles is 1. The zero-order chi connectivity index (χ0) is 25.8. The van der Waals surface area contributed by atoms with Gasteiger partial charge < -0.3 is 15.8 Å². The summed E-state index contributed by atoms with van der Waals surface area (Å²) in [4.78, 5) is 21.0. The number of anilines is 1. The smallest absolute Gasteiger partial charge is 0.261 e. The number of aromatic nitrogens is 4. The van der Waals surface area contributed by atoms with Crippen molar-refractivity contribution in [2.75, 3.05) is 5.73 Å². The van der Waals surface area contributed by atoms with E-state index in [0.29, 0.717) is 11.5 Å². The lowest BCUT2D eigenvalue weighted by atomic mass is 9.91. The van der Waals surface area contributed by atoms with Gasteiger partial charge in [-0.3, -0.25) is 4.79 Å². The van der Waals surface area contributed by atoms with Crippen LogP contribution in [-0.2, 0) is 4.79 Å². The van der Waals surface area contributed by atoms with Crippen molar-refractivity contribution in [3.8, 4) is 28.8 Å². The molecule has 0 bridgehead atoms. The molecule has 0 radical (unpaired) electrons. The summed E-state index contributed by atoms with van der Waals surface area (Å²) in [5.41, 5.74) is 8.74. The Morgan fingerprint density at radius 2 is 1.78 bits per heavy atom. The van der Waals surface area contributed by atoms with Crippen LogP contribution in [0.2, 0.25) is 0 Å². The van der Waals surface area contributed by atoms with Crippen LogP contribution in [0.3, 0.4) is 0 Å². The zero-order valence-electron chi connectivity index (χ0n) is 20.5. The van der Waals surface area contributed by atoms with Crippen molar-refractivity contribution < 1.29 is 9.53 Å². The summed E-state index contributed by atoms with van der Waals surface area (Å²) in [5, 5.41) is 17.7. The van der Waals surface area contributed by atoms with Crippen LogP contribution in [-0.4, -0.2) is 31.7 Å². The van der Waals surface area contributed by atoms with Crippen LogP contribution in [0.15, 0.2) is 72.6 Å². The number of allylic oxidation sites excluding steroid dienone is 1. The molecule has 1 saturated carbocycles. The van der Waals surface area contributed by atoms with Gasteiger partial charge in [0.2, 0.25) is 0 Å². The van der Waals surface area contributed by atoms with E-state index in [2.05, 4.69) is 15.3 Å². The maximum Gasteiger partial charge on any atom is 0.261 e. The minimum atomic E-state index is -0.319. The topological polar surface area (TPSA) is 132 Å². The second kappa shape index (κ2) is 10.5. The molecule has 1 fully saturated rings. The molecule has 2 heterocycles. The largest absolute Gasteiger partial charge is 0.457 e. The number of nitrogens with zero attached hydrogens (tertiary/aromatic N) is 5. The third-order valence-electron chi connectivity index (χ3n) is 6.66. The van der Waals surface area contributed by atoms with E-state index >= 15 is 0 Å². The number of amides is 1. The van der Waals surface area contributed by atoms with Crippen molar-refractivity contribution >= 4 is 22.8 Å². The van der Waals surface area contributed by atoms with Gasteiger partial charge in [0.25, 0.3) is 5.91 Å². The summed E-state index contributed by atoms with van der Waals surface area (Å²) in [6.07, 6.45) is 6.17. The monoisotopic (exact) mass is 493 g/mol. The lowest BCUT2D eigenvalue weighted by molar-refractivity contribution is -0.118. The average molecular weight is 494 g/mol. The molecule has 2 aromatic carbocycles. The van der Waals surface area contributed by atoms with Crippen LogP contribution in [0.4, 0.5) is 5.82 Å². The second-order valence-corrected chi connectivity index (χ2v) is 8.98. The van der Waals surface area contributed by atoms with Gasteiger partial charge in [-0.15, -0.1) is 0 Å². The van der Waals surface area contributed by atoms with Gasteiger partial charge in [0.1, 0.15) is 41.0 Å². The maximum atomic E-state index is 12.3. The molecule has 2 aromatic heterocycles. The fourth-order valence-corrected chi connectivity index (χ4v) is 4.73. The first kappa shape index (κ1) is 24.0. The van der Waals surface area contributed by atoms with E-state index in [-0.39, 0.29) is 23.6 Å². The molecule has 4 aromatic rings. The number of nitrogen functional groups attached to an aromatic ring is 1. The van der Waals surface area contributed by atoms with Crippen LogP contribution in [0.5, 0.6) is 11.5 Å². The van der Waals surface area contributed by atoms with E-state index in [1.807, 2.05) is 65.3 Å². The Bertz CT molecular complexity index is 1480. The van der Waals surface area contributed by atoms with Crippen molar-refractivity contribution in [3.63, 3.8) is 0 Å². The predicted molar refractivity (Wildman–Crippen MR) is 140 cm³/mol. The summed E-state index contributed by atoms with van der Waals surface area (Å²) >= 11 is 0. The normalized spacial score (nSPS) is 17.8. The van der Waals surface area contributed by atoms with E-state index < -0.39 is 0 Å². The highest BCUT2D eigenvalue weighted by atomic mass is 16.5. The van der Waals surface area contributed by atoms with Gasteiger partial charge in [-0.05, 0) is 69.0 Å². The standard InChI is InChI=1S/C28H27N7O2/c1-2-18(16-29)28(36)33-20-10-12-21(13-11-20)35-27-24(26(30)31-17-32-27)25(34-35)19-8-14-23(15-9-19)37-22-6-4-3-5-7-22/h2-9,14-15,17,20-21H,10-13H2,1H3,(H,33,36)(H2,30,31,32)/b18-2+/t20-,21-. The molecular weight excluding hydrogens is 466 g/mol. The number of hydrogen-bond acceptors (Lipinski definition) is 7. The van der Waals surface area contributed by atoms with E-state index in [1.54, 1.807) is 6.92 Å². The molecule has 3 N–H and O–H groups in total. The summed E-state index contributed by atoms with van der Waals surface area (Å²) in [5.74, 6) is 1.55. The minimum Gasteiger partial charge on any atom is -0.457 e. The van der Waals surface area contributed by atoms with Crippen molar-refractivity contribution in [2.45, 2.75) is 44.7 Å². The molecule has 1 amide bonds. The number of nitrogens with two attached hydrogens (primary N) is 1. The third kappa shape index (κ3) is 5.00. The highest BCUT2D eigenvalue weighted by Gasteiger charge is 2.28. The Balaban J connectivity index is 1.37. The molecule has 1 aliphatic rings. The lowest BCUT2D eigenvalue weighted by Crippen LogP contribution is -2.38. The van der Waals surface area contributed by atoms with Gasteiger partial charge in [-0.1, -0.05) is 24.3 Å². The van der Waals surface area contributed by atoms with E-state index in [4.69, 9.17) is 20.8 Å². The lowest BCUT2D eigenvalue weighted by Gasteiger charge is -2.29. The van der Waals surface area contributed by atoms with Crippen LogP contribution >= 0.6 is 0 Å². The van der Waals surface area contributed by atoms with Crippen LogP contribution in [0.25, 0.3) is 22.3 Å². The van der Waals surface area contributed by atoms with Gasteiger partial charge in [0.05, 0.1) is 11.4 Å². The molecule has 5 rings (SSSR count). The van der Waals surface area contributed by atoms with Crippen molar-refractivity contribution in [1.29, 1.82) is 5.26 Å². The Hall–Kier alpha value is -4.71. The molecule has 9 nitrogen and oxygen atoms in total. The molecule has 0 atom stereocenters. The summed E-state index contributed by atoms with van der Waals surface area (Å²) in [6, 6.07) is 19.4. The fraction of sp³-hybridized carbons (Fsp3) is 0.250. The Morgan fingerprint density at radius 3 is 2.46 bits per heavy atom. The van der Waals surface area contributed by atoms with E-state index in [9.17, 15) is 4.79 Å². The second-order valence-electron chi connectivity index (χ2n) is 8.98. The molecule has 9 heteroatoms. The first-order valence-electron chi connectivity index (χ1n) is 12.3. The Kier molecular flexibility index (Phi) is 6.81. The Labute approximate surface area is 214 Å². The number of hydrogen-bond donors (Lipinski definition) is 2. The number of para-hydroxylation sites is 1. The molecule has 186 valence electrons. The summed E-state index contributed by atoms with van der Waals surface area (Å²) in [7, 11) is 0. The first-order chi connectivity index (χ1) is 18.1.